The number of rotatable bonds is 3. The van der Waals surface area contributed by atoms with Gasteiger partial charge in [-0.05, 0) is 42.4 Å². The van der Waals surface area contributed by atoms with Gasteiger partial charge in [0.15, 0.2) is 0 Å². The minimum atomic E-state index is 0.550. The molecule has 0 bridgehead atoms. The van der Waals surface area contributed by atoms with Gasteiger partial charge in [-0.1, -0.05) is 40.5 Å². The first-order valence-corrected chi connectivity index (χ1v) is 7.22. The van der Waals surface area contributed by atoms with Crippen LogP contribution in [0.15, 0.2) is 0 Å². The van der Waals surface area contributed by atoms with Crippen molar-refractivity contribution >= 4 is 0 Å². The Kier molecular flexibility index (Phi) is 3.63. The first-order valence-electron chi connectivity index (χ1n) is 7.22. The van der Waals surface area contributed by atoms with Gasteiger partial charge in [0.25, 0.3) is 0 Å². The molecule has 0 N–H and O–H groups in total. The van der Waals surface area contributed by atoms with Crippen molar-refractivity contribution in [3.8, 4) is 0 Å². The highest BCUT2D eigenvalue weighted by Crippen LogP contribution is 2.50. The van der Waals surface area contributed by atoms with Crippen LogP contribution in [0.1, 0.15) is 59.8 Å². The van der Waals surface area contributed by atoms with Crippen LogP contribution in [-0.4, -0.2) is 12.7 Å². The second-order valence-electron chi connectivity index (χ2n) is 6.42. The molecule has 1 saturated carbocycles. The summed E-state index contributed by atoms with van der Waals surface area (Å²) in [7, 11) is 0. The third-order valence-electron chi connectivity index (χ3n) is 5.47. The summed E-state index contributed by atoms with van der Waals surface area (Å²) in [6, 6.07) is 0. The lowest BCUT2D eigenvalue weighted by molar-refractivity contribution is -0.0147. The van der Waals surface area contributed by atoms with Crippen molar-refractivity contribution in [3.63, 3.8) is 0 Å². The first kappa shape index (κ1) is 12.4. The quantitative estimate of drug-likeness (QED) is 0.696. The van der Waals surface area contributed by atoms with E-state index in [4.69, 9.17) is 4.74 Å². The Morgan fingerprint density at radius 1 is 1.31 bits per heavy atom. The SMILES string of the molecule is CCC(CC)C1(C)CCC2C(C)COC2C1. The molecule has 0 aromatic rings. The Bertz CT molecular complexity index is 234. The van der Waals surface area contributed by atoms with Crippen molar-refractivity contribution in [1.82, 2.24) is 0 Å². The lowest BCUT2D eigenvalue weighted by Crippen LogP contribution is -2.39. The van der Waals surface area contributed by atoms with Gasteiger partial charge in [-0.15, -0.1) is 0 Å². The molecule has 1 aliphatic carbocycles. The van der Waals surface area contributed by atoms with Crippen LogP contribution in [0.25, 0.3) is 0 Å². The van der Waals surface area contributed by atoms with Crippen molar-refractivity contribution in [1.29, 1.82) is 0 Å². The van der Waals surface area contributed by atoms with Crippen molar-refractivity contribution in [2.45, 2.75) is 65.9 Å². The lowest BCUT2D eigenvalue weighted by Gasteiger charge is -2.45. The van der Waals surface area contributed by atoms with Gasteiger partial charge in [0.2, 0.25) is 0 Å². The molecule has 16 heavy (non-hydrogen) atoms. The monoisotopic (exact) mass is 224 g/mol. The Balaban J connectivity index is 2.05. The molecule has 94 valence electrons. The van der Waals surface area contributed by atoms with Gasteiger partial charge in [0.05, 0.1) is 6.10 Å². The van der Waals surface area contributed by atoms with Gasteiger partial charge in [-0.3, -0.25) is 0 Å². The van der Waals surface area contributed by atoms with Gasteiger partial charge in [-0.2, -0.15) is 0 Å². The van der Waals surface area contributed by atoms with E-state index in [0.717, 1.165) is 24.4 Å². The first-order chi connectivity index (χ1) is 7.60. The molecular formula is C15H28O. The third kappa shape index (κ3) is 2.03. The minimum Gasteiger partial charge on any atom is -0.378 e. The molecular weight excluding hydrogens is 196 g/mol. The second-order valence-corrected chi connectivity index (χ2v) is 6.42. The predicted molar refractivity (Wildman–Crippen MR) is 68.4 cm³/mol. The van der Waals surface area contributed by atoms with Gasteiger partial charge in [0.1, 0.15) is 0 Å². The van der Waals surface area contributed by atoms with Crippen LogP contribution in [0.2, 0.25) is 0 Å². The van der Waals surface area contributed by atoms with E-state index in [-0.39, 0.29) is 0 Å². The fraction of sp³-hybridized carbons (Fsp3) is 1.00. The summed E-state index contributed by atoms with van der Waals surface area (Å²) >= 11 is 0. The highest BCUT2D eigenvalue weighted by molar-refractivity contribution is 4.95. The fourth-order valence-electron chi connectivity index (χ4n) is 4.27. The summed E-state index contributed by atoms with van der Waals surface area (Å²) in [4.78, 5) is 0. The Morgan fingerprint density at radius 3 is 2.62 bits per heavy atom. The normalized spacial score (nSPS) is 43.7. The van der Waals surface area contributed by atoms with Crippen LogP contribution < -0.4 is 0 Å². The summed E-state index contributed by atoms with van der Waals surface area (Å²) in [5, 5.41) is 0. The number of ether oxygens (including phenoxy) is 1. The molecule has 0 spiro atoms. The summed E-state index contributed by atoms with van der Waals surface area (Å²) in [5.41, 5.74) is 0.550. The number of hydrogen-bond acceptors (Lipinski definition) is 1. The van der Waals surface area contributed by atoms with E-state index in [9.17, 15) is 0 Å². The molecule has 4 unspecified atom stereocenters. The van der Waals surface area contributed by atoms with E-state index in [0.29, 0.717) is 11.5 Å². The standard InChI is InChI=1S/C15H28O/c1-5-12(6-2)15(4)8-7-13-11(3)10-16-14(13)9-15/h11-14H,5-10H2,1-4H3. The summed E-state index contributed by atoms with van der Waals surface area (Å²) in [5.74, 6) is 2.56. The van der Waals surface area contributed by atoms with Crippen molar-refractivity contribution in [3.05, 3.63) is 0 Å². The molecule has 2 fully saturated rings. The van der Waals surface area contributed by atoms with Crippen LogP contribution in [0, 0.1) is 23.2 Å². The lowest BCUT2D eigenvalue weighted by atomic mass is 9.61. The Labute approximate surface area is 101 Å². The smallest absolute Gasteiger partial charge is 0.0612 e. The highest BCUT2D eigenvalue weighted by atomic mass is 16.5. The molecule has 0 radical (unpaired) electrons. The summed E-state index contributed by atoms with van der Waals surface area (Å²) < 4.78 is 6.00. The van der Waals surface area contributed by atoms with Gasteiger partial charge in [0, 0.05) is 6.61 Å². The molecule has 0 aromatic heterocycles. The zero-order valence-corrected chi connectivity index (χ0v) is 11.5. The topological polar surface area (TPSA) is 9.23 Å². The van der Waals surface area contributed by atoms with Gasteiger partial charge < -0.3 is 4.74 Å². The maximum Gasteiger partial charge on any atom is 0.0612 e. The molecule has 4 atom stereocenters. The number of fused-ring (bicyclic) bond motifs is 1. The van der Waals surface area contributed by atoms with E-state index in [1.807, 2.05) is 0 Å². The zero-order valence-electron chi connectivity index (χ0n) is 11.5. The van der Waals surface area contributed by atoms with Crippen LogP contribution in [0.4, 0.5) is 0 Å². The predicted octanol–water partition coefficient (Wildman–Crippen LogP) is 4.26. The van der Waals surface area contributed by atoms with Gasteiger partial charge >= 0.3 is 0 Å². The van der Waals surface area contributed by atoms with Crippen molar-refractivity contribution < 1.29 is 4.74 Å². The molecule has 1 nitrogen and oxygen atoms in total. The number of hydrogen-bond donors (Lipinski definition) is 0. The molecule has 2 aliphatic rings. The van der Waals surface area contributed by atoms with Crippen molar-refractivity contribution in [2.75, 3.05) is 6.61 Å². The second kappa shape index (κ2) is 4.68. The maximum atomic E-state index is 6.00. The Morgan fingerprint density at radius 2 is 2.00 bits per heavy atom. The average Bonchev–Trinajstić information content (AvgIpc) is 2.61. The molecule has 2 rings (SSSR count). The van der Waals surface area contributed by atoms with Crippen LogP contribution in [0.5, 0.6) is 0 Å². The highest BCUT2D eigenvalue weighted by Gasteiger charge is 2.46. The fourth-order valence-corrected chi connectivity index (χ4v) is 4.27. The maximum absolute atomic E-state index is 6.00. The zero-order chi connectivity index (χ0) is 11.8. The molecule has 0 amide bonds. The Hall–Kier alpha value is -0.0400. The molecule has 1 heteroatoms. The summed E-state index contributed by atoms with van der Waals surface area (Å²) in [6.07, 6.45) is 7.38. The molecule has 1 saturated heterocycles. The van der Waals surface area contributed by atoms with E-state index >= 15 is 0 Å². The van der Waals surface area contributed by atoms with Crippen molar-refractivity contribution in [2.24, 2.45) is 23.2 Å². The van der Waals surface area contributed by atoms with E-state index < -0.39 is 0 Å². The van der Waals surface area contributed by atoms with Crippen LogP contribution in [0.3, 0.4) is 0 Å². The average molecular weight is 224 g/mol. The largest absolute Gasteiger partial charge is 0.378 e. The van der Waals surface area contributed by atoms with Crippen LogP contribution >= 0.6 is 0 Å². The van der Waals surface area contributed by atoms with Gasteiger partial charge in [-0.25, -0.2) is 0 Å². The third-order valence-corrected chi connectivity index (χ3v) is 5.47. The molecule has 1 heterocycles. The molecule has 1 aliphatic heterocycles. The van der Waals surface area contributed by atoms with E-state index in [2.05, 4.69) is 27.7 Å². The van der Waals surface area contributed by atoms with Crippen LogP contribution in [-0.2, 0) is 4.74 Å². The minimum absolute atomic E-state index is 0.550. The molecule has 0 aromatic carbocycles. The summed E-state index contributed by atoms with van der Waals surface area (Å²) in [6.45, 7) is 10.6. The van der Waals surface area contributed by atoms with E-state index in [1.54, 1.807) is 0 Å². The van der Waals surface area contributed by atoms with E-state index in [1.165, 1.54) is 32.1 Å².